The fourth-order valence-electron chi connectivity index (χ4n) is 12.9. The molecule has 21 aliphatic heterocycles. The zero-order valence-electron chi connectivity index (χ0n) is 51.5. The third kappa shape index (κ3) is 15.6. The van der Waals surface area contributed by atoms with Crippen LogP contribution in [-0.4, -0.2) is 424 Å². The predicted molar refractivity (Wildman–Crippen MR) is 298 cm³/mol. The van der Waals surface area contributed by atoms with Crippen molar-refractivity contribution in [3.63, 3.8) is 0 Å². The first kappa shape index (κ1) is 78.2. The van der Waals surface area contributed by atoms with Crippen molar-refractivity contribution in [2.75, 3.05) is 52.9 Å². The molecule has 1 aromatic carbocycles. The van der Waals surface area contributed by atoms with Gasteiger partial charge in [-0.3, -0.25) is 4.18 Å². The number of aliphatic hydroxyl groups is 23. The van der Waals surface area contributed by atoms with Crippen molar-refractivity contribution in [1.82, 2.24) is 0 Å². The van der Waals surface area contributed by atoms with Crippen molar-refractivity contribution in [2.24, 2.45) is 0 Å². The van der Waals surface area contributed by atoms with E-state index in [1.165, 1.54) is 12.1 Å². The summed E-state index contributed by atoms with van der Waals surface area (Å²) in [4.78, 5) is -0.529. The van der Waals surface area contributed by atoms with E-state index in [1.807, 2.05) is 0 Å². The molecule has 23 N–H and O–H groups in total. The van der Waals surface area contributed by atoms with Crippen LogP contribution in [0.4, 0.5) is 0 Å². The summed E-state index contributed by atoms with van der Waals surface area (Å²) in [6.45, 7) is -7.46. The van der Waals surface area contributed by atoms with E-state index >= 15 is 0 Å². The number of rotatable bonds is 11. The average molecular weight is 1450 g/mol. The molecule has 0 radical (unpaired) electrons. The lowest BCUT2D eigenvalue weighted by molar-refractivity contribution is -0.403. The molecule has 22 rings (SSSR count). The Morgan fingerprint density at radius 2 is 0.439 bits per heavy atom. The number of hydrogen-bond acceptors (Lipinski definition) is 42. The van der Waals surface area contributed by atoms with Crippen molar-refractivity contribution in [3.05, 3.63) is 29.8 Å². The molecule has 0 amide bonds. The zero-order chi connectivity index (χ0) is 71.3. The first-order valence-electron chi connectivity index (χ1n) is 31.1. The largest absolute Gasteiger partial charge is 0.394 e. The number of aliphatic hydroxyl groups excluding tert-OH is 23. The molecule has 21 aliphatic rings. The van der Waals surface area contributed by atoms with Crippen LogP contribution in [0.3, 0.4) is 0 Å². The Morgan fingerprint density at radius 1 is 0.265 bits per heavy atom. The molecule has 0 unspecified atom stereocenters. The van der Waals surface area contributed by atoms with Gasteiger partial charge in [0.1, 0.15) is 189 Å². The Balaban J connectivity index is 0.950. The first-order valence-corrected chi connectivity index (χ1v) is 32.5. The Kier molecular flexibility index (Phi) is 26.3. The maximum Gasteiger partial charge on any atom is 0.297 e. The second-order valence-electron chi connectivity index (χ2n) is 24.8. The van der Waals surface area contributed by atoms with Gasteiger partial charge in [0.25, 0.3) is 10.1 Å². The molecule has 43 heteroatoms. The van der Waals surface area contributed by atoms with E-state index in [2.05, 4.69) is 0 Å². The van der Waals surface area contributed by atoms with E-state index in [9.17, 15) is 126 Å². The van der Waals surface area contributed by atoms with Gasteiger partial charge in [0, 0.05) is 0 Å². The van der Waals surface area contributed by atoms with Crippen molar-refractivity contribution < 1.29 is 206 Å². The predicted octanol–water partition coefficient (Wildman–Crippen LogP) is -15.7. The van der Waals surface area contributed by atoms with Gasteiger partial charge in [-0.2, -0.15) is 8.42 Å². The second kappa shape index (κ2) is 32.9. The van der Waals surface area contributed by atoms with Crippen LogP contribution in [0, 0.1) is 6.92 Å². The summed E-state index contributed by atoms with van der Waals surface area (Å²) in [5, 5.41) is 258. The molecule has 42 nitrogen and oxygen atoms in total. The standard InChI is InChI=1S/C55H86O42S/c1-14-2-4-15(5-3-14)98(79,80)97-47-38(78)46-23(13-63)88-55(47)96-45-22(12-62)87-53(37(77)30(45)70)94-43-20(10-60)85-51(35(75)28(43)68)92-41-18(8-58)83-49(33(73)26(41)66)90-39-16(6-56)81-48(31(71)24(39)64)89-40-17(7-57)82-50(32(72)25(40)65)91-42-19(9-59)84-52(34(74)27(42)67)93-44-21(11-61)86-54(95-46)36(76)29(44)69/h2-5,16-78H,6-13H2,1H3/t16-,17-,18-,19-,20-,21-,22-,23-,24-,25-,26-,27-,28-,29-,30-,31-,32-,33-,34-,35-,36-,37-,38+,39-,40-,41-,42-,43-,44-,45-,46-,47-,48-,49-,50-,51-,52-,53-,54-,55-/m1/s1. The van der Waals surface area contributed by atoms with Gasteiger partial charge in [0.05, 0.1) is 57.8 Å². The number of ether oxygens (including phenoxy) is 16. The third-order valence-electron chi connectivity index (χ3n) is 18.4. The Labute approximate surface area is 554 Å². The van der Waals surface area contributed by atoms with Gasteiger partial charge in [-0.15, -0.1) is 0 Å². The van der Waals surface area contributed by atoms with Crippen LogP contribution in [0.2, 0.25) is 0 Å². The summed E-state index contributed by atoms with van der Waals surface area (Å²) in [6.07, 6.45) is -85.2. The molecule has 0 aromatic heterocycles. The van der Waals surface area contributed by atoms with Gasteiger partial charge >= 0.3 is 0 Å². The monoisotopic (exact) mass is 1450 g/mol. The molecule has 21 saturated heterocycles. The number of aryl methyl sites for hydroxylation is 1. The van der Waals surface area contributed by atoms with Gasteiger partial charge in [-0.05, 0) is 19.1 Å². The summed E-state index contributed by atoms with van der Waals surface area (Å²) < 4.78 is 126. The molecule has 0 saturated carbocycles. The summed E-state index contributed by atoms with van der Waals surface area (Å²) in [7, 11) is -5.07. The van der Waals surface area contributed by atoms with Gasteiger partial charge in [0.15, 0.2) is 56.4 Å². The van der Waals surface area contributed by atoms with Crippen LogP contribution < -0.4 is 0 Å². The minimum atomic E-state index is -5.07. The topological polar surface area (TPSA) is 656 Å². The minimum absolute atomic E-state index is 0.529. The average Bonchev–Trinajstić information content (AvgIpc) is 0.775. The summed E-state index contributed by atoms with van der Waals surface area (Å²) in [6, 6.07) is 4.96. The molecule has 0 aliphatic carbocycles. The van der Waals surface area contributed by atoms with Crippen molar-refractivity contribution in [3.8, 4) is 0 Å². The van der Waals surface area contributed by atoms with Crippen molar-refractivity contribution in [1.29, 1.82) is 0 Å². The summed E-state index contributed by atoms with van der Waals surface area (Å²) in [5.74, 6) is 0. The molecule has 16 bridgehead atoms. The summed E-state index contributed by atoms with van der Waals surface area (Å²) in [5.41, 5.74) is 0.580. The highest BCUT2D eigenvalue weighted by molar-refractivity contribution is 7.86. The lowest BCUT2D eigenvalue weighted by Crippen LogP contribution is -2.69. The highest BCUT2D eigenvalue weighted by Gasteiger charge is 2.61. The fourth-order valence-corrected chi connectivity index (χ4v) is 14.0. The van der Waals surface area contributed by atoms with Gasteiger partial charge < -0.3 is 193 Å². The normalized spacial score (nSPS) is 51.1. The quantitative estimate of drug-likeness (QED) is 0.0915. The minimum Gasteiger partial charge on any atom is -0.394 e. The smallest absolute Gasteiger partial charge is 0.297 e. The van der Waals surface area contributed by atoms with Crippen LogP contribution in [-0.2, 0) is 90.1 Å². The first-order chi connectivity index (χ1) is 46.6. The molecule has 0 spiro atoms. The molecule has 40 atom stereocenters. The van der Waals surface area contributed by atoms with E-state index in [0.29, 0.717) is 5.56 Å². The van der Waals surface area contributed by atoms with Gasteiger partial charge in [-0.1, -0.05) is 17.7 Å². The zero-order valence-corrected chi connectivity index (χ0v) is 52.3. The van der Waals surface area contributed by atoms with E-state index < -0.39 is 314 Å². The van der Waals surface area contributed by atoms with Gasteiger partial charge in [-0.25, -0.2) is 0 Å². The Morgan fingerprint density at radius 3 is 0.633 bits per heavy atom. The third-order valence-corrected chi connectivity index (χ3v) is 19.7. The molecule has 21 heterocycles. The van der Waals surface area contributed by atoms with E-state index in [4.69, 9.17) is 80.0 Å². The van der Waals surface area contributed by atoms with E-state index in [1.54, 1.807) is 6.92 Å². The summed E-state index contributed by atoms with van der Waals surface area (Å²) >= 11 is 0. The van der Waals surface area contributed by atoms with E-state index in [-0.39, 0.29) is 0 Å². The van der Waals surface area contributed by atoms with Crippen molar-refractivity contribution >= 4 is 10.1 Å². The van der Waals surface area contributed by atoms with Crippen LogP contribution in [0.25, 0.3) is 0 Å². The highest BCUT2D eigenvalue weighted by Crippen LogP contribution is 2.41. The molecule has 564 valence electrons. The van der Waals surface area contributed by atoms with E-state index in [0.717, 1.165) is 12.1 Å². The van der Waals surface area contributed by atoms with Crippen LogP contribution in [0.1, 0.15) is 5.56 Å². The lowest BCUT2D eigenvalue weighted by Gasteiger charge is -2.50. The van der Waals surface area contributed by atoms with Crippen LogP contribution >= 0.6 is 0 Å². The fraction of sp³-hybridized carbons (Fsp3) is 0.891. The molecular weight excluding hydrogens is 1360 g/mol. The number of benzene rings is 1. The lowest BCUT2D eigenvalue weighted by atomic mass is 9.94. The number of hydrogen-bond donors (Lipinski definition) is 23. The van der Waals surface area contributed by atoms with Crippen molar-refractivity contribution in [2.45, 2.75) is 257 Å². The highest BCUT2D eigenvalue weighted by atomic mass is 32.2. The maximum absolute atomic E-state index is 14.0. The van der Waals surface area contributed by atoms with Crippen LogP contribution in [0.15, 0.2) is 29.2 Å². The Bertz CT molecular complexity index is 2760. The Hall–Kier alpha value is -2.43. The molecular formula is C55H86O42S. The molecule has 98 heavy (non-hydrogen) atoms. The SMILES string of the molecule is Cc1ccc(S(=O)(=O)O[C@H]2[C@H]3O[C@H]4[C@H](O)[C@@H](O)[C@@H](O[C@H]5[C@H](O)[C@@H](O)[C@@H](O[C@H]6[C@H](O)[C@@H](O)[C@@H](O[C@H]7[C@H](O)[C@@H](O)[C@@H](O[C@H]8[C@H](O)[C@@H](O)[C@@H](O[C@H]9[C@H](O)[C@@H](O)[C@@H](O[C@H]%10[C@H](O)[C@@H](O)[C@@H](O[C@@H]([C@@H]2O)[C@@H](CO)O3)O[C@@H]%10CO)O[C@@H]9CO)O[C@@H]8CO)O[C@@H]7CO)O[C@@H]6CO)O[C@@H]5CO)O[C@@H]4CO)cc1. The van der Waals surface area contributed by atoms with Crippen LogP contribution in [0.5, 0.6) is 0 Å². The molecule has 21 fully saturated rings. The molecule has 1 aromatic rings. The second-order valence-corrected chi connectivity index (χ2v) is 26.4. The van der Waals surface area contributed by atoms with Gasteiger partial charge in [0.2, 0.25) is 0 Å². The maximum atomic E-state index is 14.0.